The minimum atomic E-state index is -0.282. The highest BCUT2D eigenvalue weighted by molar-refractivity contribution is 7.12. The minimum absolute atomic E-state index is 0.0344. The number of hydrogen-bond acceptors (Lipinski definition) is 4. The summed E-state index contributed by atoms with van der Waals surface area (Å²) < 4.78 is 0. The molecule has 4 rings (SSSR count). The smallest absolute Gasteiger partial charge is 0.264 e. The zero-order chi connectivity index (χ0) is 19.5. The van der Waals surface area contributed by atoms with Gasteiger partial charge in [-0.05, 0) is 17.0 Å². The summed E-state index contributed by atoms with van der Waals surface area (Å²) in [6.07, 6.45) is 0.278. The Labute approximate surface area is 168 Å². The number of carbonyl (C=O) groups excluding carboxylic acids is 3. The Balaban J connectivity index is 1.31. The summed E-state index contributed by atoms with van der Waals surface area (Å²) in [5, 5.41) is 1.89. The topological polar surface area (TPSA) is 60.9 Å². The standard InChI is InChI=1S/C21H23N3O3S/c25-19-13-17(15-24(19)14-16-5-2-1-3-6-16)20(26)22-8-10-23(11-9-22)21(27)18-7-4-12-28-18/h1-7,12,17H,8-11,13-15H2/t17-/m1/s1. The van der Waals surface area contributed by atoms with E-state index in [4.69, 9.17) is 0 Å². The summed E-state index contributed by atoms with van der Waals surface area (Å²) in [4.78, 5) is 43.8. The molecule has 2 aromatic rings. The molecule has 3 amide bonds. The molecule has 3 heterocycles. The molecular weight excluding hydrogens is 374 g/mol. The van der Waals surface area contributed by atoms with E-state index in [1.807, 2.05) is 52.7 Å². The van der Waals surface area contributed by atoms with E-state index in [0.717, 1.165) is 10.4 Å². The van der Waals surface area contributed by atoms with Crippen LogP contribution in [0.4, 0.5) is 0 Å². The van der Waals surface area contributed by atoms with Gasteiger partial charge < -0.3 is 14.7 Å². The fourth-order valence-electron chi connectivity index (χ4n) is 3.84. The second-order valence-electron chi connectivity index (χ2n) is 7.26. The van der Waals surface area contributed by atoms with Crippen LogP contribution in [0.25, 0.3) is 0 Å². The molecule has 7 heteroatoms. The Hall–Kier alpha value is -2.67. The summed E-state index contributed by atoms with van der Waals surface area (Å²) in [7, 11) is 0. The van der Waals surface area contributed by atoms with E-state index in [1.54, 1.807) is 9.80 Å². The third-order valence-corrected chi connectivity index (χ3v) is 6.25. The molecule has 0 spiro atoms. The fourth-order valence-corrected chi connectivity index (χ4v) is 4.53. The largest absolute Gasteiger partial charge is 0.339 e. The van der Waals surface area contributed by atoms with Crippen molar-refractivity contribution in [3.05, 3.63) is 58.3 Å². The molecule has 2 aliphatic heterocycles. The second kappa shape index (κ2) is 8.14. The van der Waals surface area contributed by atoms with E-state index in [2.05, 4.69) is 0 Å². The normalized spacial score (nSPS) is 19.9. The van der Waals surface area contributed by atoms with Crippen LogP contribution in [0.15, 0.2) is 47.8 Å². The lowest BCUT2D eigenvalue weighted by Crippen LogP contribution is -2.52. The average molecular weight is 398 g/mol. The molecule has 2 aliphatic rings. The third-order valence-electron chi connectivity index (χ3n) is 5.39. The van der Waals surface area contributed by atoms with Crippen LogP contribution in [0, 0.1) is 5.92 Å². The summed E-state index contributed by atoms with van der Waals surface area (Å²) in [5.41, 5.74) is 1.07. The van der Waals surface area contributed by atoms with Crippen LogP contribution in [0.5, 0.6) is 0 Å². The van der Waals surface area contributed by atoms with E-state index in [9.17, 15) is 14.4 Å². The van der Waals surface area contributed by atoms with Crippen molar-refractivity contribution in [2.75, 3.05) is 32.7 Å². The van der Waals surface area contributed by atoms with Crippen LogP contribution in [0.3, 0.4) is 0 Å². The summed E-state index contributed by atoms with van der Waals surface area (Å²) in [6.45, 7) is 3.15. The van der Waals surface area contributed by atoms with Crippen LogP contribution < -0.4 is 0 Å². The first-order valence-electron chi connectivity index (χ1n) is 9.55. The number of nitrogens with zero attached hydrogens (tertiary/aromatic N) is 3. The van der Waals surface area contributed by atoms with Crippen molar-refractivity contribution in [3.63, 3.8) is 0 Å². The van der Waals surface area contributed by atoms with Crippen molar-refractivity contribution in [1.29, 1.82) is 0 Å². The summed E-state index contributed by atoms with van der Waals surface area (Å²) >= 11 is 1.44. The Kier molecular flexibility index (Phi) is 5.43. The van der Waals surface area contributed by atoms with Crippen LogP contribution in [-0.2, 0) is 16.1 Å². The molecule has 6 nitrogen and oxygen atoms in total. The van der Waals surface area contributed by atoms with Gasteiger partial charge in [-0.3, -0.25) is 14.4 Å². The van der Waals surface area contributed by atoms with Crippen molar-refractivity contribution in [2.24, 2.45) is 5.92 Å². The van der Waals surface area contributed by atoms with Crippen molar-refractivity contribution in [2.45, 2.75) is 13.0 Å². The number of piperazine rings is 1. The van der Waals surface area contributed by atoms with Gasteiger partial charge in [-0.2, -0.15) is 0 Å². The molecule has 1 aromatic heterocycles. The highest BCUT2D eigenvalue weighted by Crippen LogP contribution is 2.23. The number of carbonyl (C=O) groups is 3. The van der Waals surface area contributed by atoms with E-state index < -0.39 is 0 Å². The first-order valence-corrected chi connectivity index (χ1v) is 10.4. The minimum Gasteiger partial charge on any atom is -0.339 e. The summed E-state index contributed by atoms with van der Waals surface area (Å²) in [6, 6.07) is 13.5. The maximum atomic E-state index is 12.9. The van der Waals surface area contributed by atoms with Crippen molar-refractivity contribution in [3.8, 4) is 0 Å². The van der Waals surface area contributed by atoms with Gasteiger partial charge in [-0.15, -0.1) is 11.3 Å². The molecule has 1 aromatic carbocycles. The quantitative estimate of drug-likeness (QED) is 0.794. The maximum Gasteiger partial charge on any atom is 0.264 e. The lowest BCUT2D eigenvalue weighted by atomic mass is 10.1. The zero-order valence-electron chi connectivity index (χ0n) is 15.6. The van der Waals surface area contributed by atoms with Gasteiger partial charge in [0.25, 0.3) is 5.91 Å². The molecule has 1 atom stereocenters. The fraction of sp³-hybridized carbons (Fsp3) is 0.381. The number of rotatable bonds is 4. The van der Waals surface area contributed by atoms with Crippen LogP contribution in [0.2, 0.25) is 0 Å². The average Bonchev–Trinajstić information content (AvgIpc) is 3.38. The van der Waals surface area contributed by atoms with Gasteiger partial charge in [0.1, 0.15) is 0 Å². The maximum absolute atomic E-state index is 12.9. The van der Waals surface area contributed by atoms with Gasteiger partial charge in [-0.1, -0.05) is 36.4 Å². The lowest BCUT2D eigenvalue weighted by Gasteiger charge is -2.35. The predicted octanol–water partition coefficient (Wildman–Crippen LogP) is 2.08. The zero-order valence-corrected chi connectivity index (χ0v) is 16.4. The van der Waals surface area contributed by atoms with Crippen LogP contribution in [-0.4, -0.2) is 65.1 Å². The Morgan fingerprint density at radius 2 is 1.68 bits per heavy atom. The second-order valence-corrected chi connectivity index (χ2v) is 8.20. The van der Waals surface area contributed by atoms with E-state index in [1.165, 1.54) is 11.3 Å². The molecule has 2 fully saturated rings. The van der Waals surface area contributed by atoms with Gasteiger partial charge in [-0.25, -0.2) is 0 Å². The highest BCUT2D eigenvalue weighted by Gasteiger charge is 2.37. The molecule has 0 unspecified atom stereocenters. The Morgan fingerprint density at radius 1 is 0.964 bits per heavy atom. The van der Waals surface area contributed by atoms with E-state index in [0.29, 0.717) is 39.3 Å². The van der Waals surface area contributed by atoms with E-state index in [-0.39, 0.29) is 30.1 Å². The van der Waals surface area contributed by atoms with Gasteiger partial charge in [0, 0.05) is 45.7 Å². The number of hydrogen-bond donors (Lipinski definition) is 0. The number of likely N-dealkylation sites (tertiary alicyclic amines) is 1. The third kappa shape index (κ3) is 3.94. The molecule has 0 bridgehead atoms. The molecule has 2 saturated heterocycles. The molecule has 146 valence electrons. The van der Waals surface area contributed by atoms with Crippen molar-refractivity contribution >= 4 is 29.1 Å². The molecule has 0 N–H and O–H groups in total. The number of thiophene rings is 1. The number of benzene rings is 1. The SMILES string of the molecule is O=C1C[C@@H](C(=O)N2CCN(C(=O)c3cccs3)CC2)CN1Cc1ccccc1. The van der Waals surface area contributed by atoms with Gasteiger partial charge in [0.15, 0.2) is 0 Å². The molecule has 0 saturated carbocycles. The molecular formula is C21H23N3O3S. The Bertz CT molecular complexity index is 845. The first-order chi connectivity index (χ1) is 13.6. The van der Waals surface area contributed by atoms with Crippen LogP contribution in [0.1, 0.15) is 21.7 Å². The van der Waals surface area contributed by atoms with Crippen LogP contribution >= 0.6 is 11.3 Å². The van der Waals surface area contributed by atoms with E-state index >= 15 is 0 Å². The molecule has 28 heavy (non-hydrogen) atoms. The molecule has 0 radical (unpaired) electrons. The highest BCUT2D eigenvalue weighted by atomic mass is 32.1. The molecule has 0 aliphatic carbocycles. The van der Waals surface area contributed by atoms with Gasteiger partial charge in [0.05, 0.1) is 10.8 Å². The Morgan fingerprint density at radius 3 is 2.36 bits per heavy atom. The summed E-state index contributed by atoms with van der Waals surface area (Å²) in [5.74, 6) is -0.177. The predicted molar refractivity (Wildman–Crippen MR) is 107 cm³/mol. The monoisotopic (exact) mass is 397 g/mol. The first kappa shape index (κ1) is 18.7. The van der Waals surface area contributed by atoms with Crippen molar-refractivity contribution < 1.29 is 14.4 Å². The van der Waals surface area contributed by atoms with Crippen molar-refractivity contribution in [1.82, 2.24) is 14.7 Å². The van der Waals surface area contributed by atoms with Gasteiger partial charge >= 0.3 is 0 Å². The number of amides is 3. The van der Waals surface area contributed by atoms with Gasteiger partial charge in [0.2, 0.25) is 11.8 Å². The lowest BCUT2D eigenvalue weighted by molar-refractivity contribution is -0.137.